The molecule has 11 heteroatoms. The molecule has 1 N–H and O–H groups in total. The van der Waals surface area contributed by atoms with E-state index in [4.69, 9.17) is 26.4 Å². The number of aliphatic hydroxyl groups is 1. The van der Waals surface area contributed by atoms with E-state index in [0.717, 1.165) is 74.9 Å². The molecule has 7 rings (SSSR count). The molecule has 0 spiro atoms. The standard InChI is InChI=1S/C34H29ClFN5O3S/c35-24-4-3-23-15-25(39-28(23)16-24)13-21-2-6-30(26(36)14-21)44-31-7-8-37-29-17-32(45-34(29)31)27-5-1-22(18-38-27)19-40-9-11-41(12-10-40)33(43)20-42/h1-8,14,16-18,42H,9-13,15,19-20H2. The molecule has 5 heterocycles. The van der Waals surface area contributed by atoms with E-state index in [9.17, 15) is 4.79 Å². The van der Waals surface area contributed by atoms with Crippen molar-refractivity contribution >= 4 is 50.5 Å². The van der Waals surface area contributed by atoms with Gasteiger partial charge in [0.1, 0.15) is 12.4 Å². The van der Waals surface area contributed by atoms with Gasteiger partial charge in [-0.05, 0) is 53.1 Å². The average molecular weight is 642 g/mol. The van der Waals surface area contributed by atoms with Gasteiger partial charge in [0.05, 0.1) is 26.5 Å². The molecule has 8 nitrogen and oxygen atoms in total. The van der Waals surface area contributed by atoms with Crippen LogP contribution in [0.25, 0.3) is 20.8 Å². The second-order valence-corrected chi connectivity index (χ2v) is 12.7. The Morgan fingerprint density at radius 3 is 2.60 bits per heavy atom. The first-order valence-corrected chi connectivity index (χ1v) is 15.9. The lowest BCUT2D eigenvalue weighted by Gasteiger charge is -2.34. The van der Waals surface area contributed by atoms with E-state index in [2.05, 4.69) is 20.9 Å². The summed E-state index contributed by atoms with van der Waals surface area (Å²) >= 11 is 7.60. The van der Waals surface area contributed by atoms with E-state index in [0.29, 0.717) is 30.3 Å². The molecule has 228 valence electrons. The molecular weight excluding hydrogens is 613 g/mol. The van der Waals surface area contributed by atoms with Crippen LogP contribution in [0.3, 0.4) is 0 Å². The highest BCUT2D eigenvalue weighted by Crippen LogP contribution is 2.39. The van der Waals surface area contributed by atoms with Gasteiger partial charge in [-0.15, -0.1) is 11.3 Å². The number of pyridine rings is 2. The molecule has 0 bridgehead atoms. The average Bonchev–Trinajstić information content (AvgIpc) is 3.67. The second kappa shape index (κ2) is 12.6. The smallest absolute Gasteiger partial charge is 0.248 e. The number of rotatable bonds is 8. The third-order valence-corrected chi connectivity index (χ3v) is 9.46. The van der Waals surface area contributed by atoms with Crippen molar-refractivity contribution in [3.63, 3.8) is 0 Å². The molecular formula is C34H29ClFN5O3S. The molecule has 3 aromatic heterocycles. The summed E-state index contributed by atoms with van der Waals surface area (Å²) in [6, 6.07) is 18.5. The number of carbonyl (C=O) groups excluding carboxylic acids is 1. The molecule has 5 aromatic rings. The van der Waals surface area contributed by atoms with Gasteiger partial charge in [0.25, 0.3) is 0 Å². The Morgan fingerprint density at radius 2 is 1.82 bits per heavy atom. The van der Waals surface area contributed by atoms with E-state index in [1.807, 2.05) is 42.6 Å². The maximum atomic E-state index is 15.2. The van der Waals surface area contributed by atoms with E-state index in [1.165, 1.54) is 17.4 Å². The van der Waals surface area contributed by atoms with Crippen LogP contribution in [0.1, 0.15) is 16.7 Å². The van der Waals surface area contributed by atoms with Crippen molar-refractivity contribution in [3.8, 4) is 22.1 Å². The fraction of sp³-hybridized carbons (Fsp3) is 0.235. The maximum absolute atomic E-state index is 15.2. The largest absolute Gasteiger partial charge is 0.453 e. The zero-order valence-electron chi connectivity index (χ0n) is 24.2. The number of ether oxygens (including phenoxy) is 1. The summed E-state index contributed by atoms with van der Waals surface area (Å²) < 4.78 is 22.1. The van der Waals surface area contributed by atoms with Crippen LogP contribution in [0.15, 0.2) is 78.0 Å². The number of fused-ring (bicyclic) bond motifs is 2. The first kappa shape index (κ1) is 29.5. The van der Waals surface area contributed by atoms with Gasteiger partial charge in [-0.2, -0.15) is 0 Å². The first-order valence-electron chi connectivity index (χ1n) is 14.7. The molecule has 0 saturated carbocycles. The second-order valence-electron chi connectivity index (χ2n) is 11.2. The molecule has 45 heavy (non-hydrogen) atoms. The summed E-state index contributed by atoms with van der Waals surface area (Å²) in [4.78, 5) is 30.5. The van der Waals surface area contributed by atoms with Crippen LogP contribution in [0, 0.1) is 5.82 Å². The molecule has 1 amide bonds. The number of carbonyl (C=O) groups is 1. The lowest BCUT2D eigenvalue weighted by Crippen LogP contribution is -2.49. The Morgan fingerprint density at radius 1 is 0.978 bits per heavy atom. The van der Waals surface area contributed by atoms with Crippen LogP contribution in [-0.4, -0.2) is 69.3 Å². The van der Waals surface area contributed by atoms with Crippen molar-refractivity contribution in [1.29, 1.82) is 0 Å². The zero-order chi connectivity index (χ0) is 30.9. The van der Waals surface area contributed by atoms with E-state index in [-0.39, 0.29) is 11.7 Å². The number of thiophene rings is 1. The lowest BCUT2D eigenvalue weighted by molar-refractivity contribution is -0.136. The monoisotopic (exact) mass is 641 g/mol. The summed E-state index contributed by atoms with van der Waals surface area (Å²) in [6.45, 7) is 3.02. The number of hydrogen-bond acceptors (Lipinski definition) is 8. The van der Waals surface area contributed by atoms with Crippen molar-refractivity contribution in [2.24, 2.45) is 4.99 Å². The van der Waals surface area contributed by atoms with Crippen molar-refractivity contribution in [2.75, 3.05) is 32.8 Å². The number of piperazine rings is 1. The zero-order valence-corrected chi connectivity index (χ0v) is 25.8. The highest BCUT2D eigenvalue weighted by Gasteiger charge is 2.21. The van der Waals surface area contributed by atoms with Crippen molar-refractivity contribution in [2.45, 2.75) is 19.4 Å². The van der Waals surface area contributed by atoms with Gasteiger partial charge in [0.15, 0.2) is 11.6 Å². The highest BCUT2D eigenvalue weighted by atomic mass is 35.5. The van der Waals surface area contributed by atoms with Gasteiger partial charge in [-0.3, -0.25) is 24.7 Å². The number of aliphatic imine (C=N–C) groups is 1. The van der Waals surface area contributed by atoms with E-state index >= 15 is 4.39 Å². The summed E-state index contributed by atoms with van der Waals surface area (Å²) in [5, 5.41) is 9.73. The first-order chi connectivity index (χ1) is 21.9. The molecule has 2 aliphatic rings. The summed E-state index contributed by atoms with van der Waals surface area (Å²) in [7, 11) is 0. The predicted molar refractivity (Wildman–Crippen MR) is 174 cm³/mol. The fourth-order valence-corrected chi connectivity index (χ4v) is 6.92. The molecule has 0 radical (unpaired) electrons. The van der Waals surface area contributed by atoms with Gasteiger partial charge in [-0.25, -0.2) is 4.39 Å². The van der Waals surface area contributed by atoms with Crippen molar-refractivity contribution < 1.29 is 19.0 Å². The normalized spacial score (nSPS) is 14.9. The Hall–Kier alpha value is -4.22. The number of nitrogens with zero attached hydrogens (tertiary/aromatic N) is 5. The maximum Gasteiger partial charge on any atom is 0.248 e. The minimum absolute atomic E-state index is 0.147. The van der Waals surface area contributed by atoms with Crippen LogP contribution in [0.5, 0.6) is 11.5 Å². The summed E-state index contributed by atoms with van der Waals surface area (Å²) in [5.74, 6) is 0.0191. The minimum atomic E-state index is -0.444. The van der Waals surface area contributed by atoms with Crippen LogP contribution >= 0.6 is 22.9 Å². The number of benzene rings is 2. The number of halogens is 2. The SMILES string of the molecule is O=C(CO)N1CCN(Cc2ccc(-c3cc4nccc(Oc5ccc(CC6=Nc7cc(Cl)ccc7C6)cc5F)c4s3)nc2)CC1. The van der Waals surface area contributed by atoms with E-state index in [1.54, 1.807) is 23.2 Å². The van der Waals surface area contributed by atoms with Gasteiger partial charge < -0.3 is 14.7 Å². The van der Waals surface area contributed by atoms with Gasteiger partial charge in [-0.1, -0.05) is 29.8 Å². The topological polar surface area (TPSA) is 91.2 Å². The third-order valence-electron chi connectivity index (χ3n) is 8.06. The fourth-order valence-electron chi connectivity index (χ4n) is 5.71. The number of aliphatic hydroxyl groups excluding tert-OH is 1. The van der Waals surface area contributed by atoms with Crippen molar-refractivity contribution in [1.82, 2.24) is 19.8 Å². The van der Waals surface area contributed by atoms with Crippen molar-refractivity contribution in [3.05, 3.63) is 101 Å². The molecule has 1 fully saturated rings. The molecule has 0 atom stereocenters. The Bertz CT molecular complexity index is 1920. The summed E-state index contributed by atoms with van der Waals surface area (Å²) in [6.07, 6.45) is 4.81. The lowest BCUT2D eigenvalue weighted by atomic mass is 10.0. The Balaban J connectivity index is 1.02. The number of hydrogen-bond donors (Lipinski definition) is 1. The van der Waals surface area contributed by atoms with Crippen LogP contribution < -0.4 is 4.74 Å². The van der Waals surface area contributed by atoms with Crippen LogP contribution in [-0.2, 0) is 24.2 Å². The Labute approximate surface area is 268 Å². The molecule has 2 aromatic carbocycles. The van der Waals surface area contributed by atoms with Gasteiger partial charge in [0.2, 0.25) is 5.91 Å². The third kappa shape index (κ3) is 6.46. The quantitative estimate of drug-likeness (QED) is 0.209. The number of amides is 1. The Kier molecular flexibility index (Phi) is 8.29. The van der Waals surface area contributed by atoms with Crippen LogP contribution in [0.4, 0.5) is 10.1 Å². The van der Waals surface area contributed by atoms with Gasteiger partial charge >= 0.3 is 0 Å². The molecule has 0 unspecified atom stereocenters. The summed E-state index contributed by atoms with van der Waals surface area (Å²) in [5.41, 5.74) is 6.46. The molecule has 1 saturated heterocycles. The highest BCUT2D eigenvalue weighted by molar-refractivity contribution is 7.22. The van der Waals surface area contributed by atoms with E-state index < -0.39 is 12.4 Å². The predicted octanol–water partition coefficient (Wildman–Crippen LogP) is 6.45. The molecule has 0 aliphatic carbocycles. The minimum Gasteiger partial charge on any atom is -0.453 e. The molecule has 2 aliphatic heterocycles. The number of aromatic nitrogens is 2. The van der Waals surface area contributed by atoms with Crippen LogP contribution in [0.2, 0.25) is 5.02 Å². The van der Waals surface area contributed by atoms with Gasteiger partial charge in [0, 0.05) is 74.8 Å².